The van der Waals surface area contributed by atoms with E-state index in [1.807, 2.05) is 13.8 Å². The zero-order valence-corrected chi connectivity index (χ0v) is 8.85. The summed E-state index contributed by atoms with van der Waals surface area (Å²) in [5, 5.41) is 3.04. The molecule has 0 unspecified atom stereocenters. The van der Waals surface area contributed by atoms with Crippen molar-refractivity contribution in [1.82, 2.24) is 5.32 Å². The highest BCUT2D eigenvalue weighted by atomic mass is 16.5. The van der Waals surface area contributed by atoms with Gasteiger partial charge in [-0.3, -0.25) is 10.1 Å². The number of hydrogen-bond acceptors (Lipinski definition) is 4. The standard InChI is InChI=1S/C9H19NO3/c1-5-13-8(11)6-10-9(2,3)7-12-4/h10H,5-7H2,1-4H3. The van der Waals surface area contributed by atoms with Crippen LogP contribution in [0.5, 0.6) is 0 Å². The van der Waals surface area contributed by atoms with Crippen LogP contribution in [0, 0.1) is 0 Å². The largest absolute Gasteiger partial charge is 0.465 e. The summed E-state index contributed by atoms with van der Waals surface area (Å²) in [5.41, 5.74) is -0.193. The third kappa shape index (κ3) is 6.54. The van der Waals surface area contributed by atoms with E-state index in [-0.39, 0.29) is 18.1 Å². The number of nitrogens with one attached hydrogen (secondary N) is 1. The zero-order valence-electron chi connectivity index (χ0n) is 8.85. The summed E-state index contributed by atoms with van der Waals surface area (Å²) in [6, 6.07) is 0. The lowest BCUT2D eigenvalue weighted by Crippen LogP contribution is -2.46. The van der Waals surface area contributed by atoms with Crippen molar-refractivity contribution in [2.45, 2.75) is 26.3 Å². The Bertz CT molecular complexity index is 157. The van der Waals surface area contributed by atoms with E-state index >= 15 is 0 Å². The predicted octanol–water partition coefficient (Wildman–Crippen LogP) is 0.564. The van der Waals surface area contributed by atoms with Gasteiger partial charge in [0.1, 0.15) is 0 Å². The minimum absolute atomic E-state index is 0.193. The van der Waals surface area contributed by atoms with Crippen LogP contribution >= 0.6 is 0 Å². The Morgan fingerprint density at radius 1 is 1.46 bits per heavy atom. The van der Waals surface area contributed by atoms with Crippen LogP contribution in [0.4, 0.5) is 0 Å². The molecule has 0 rings (SSSR count). The monoisotopic (exact) mass is 189 g/mol. The predicted molar refractivity (Wildman–Crippen MR) is 50.6 cm³/mol. The van der Waals surface area contributed by atoms with E-state index in [0.29, 0.717) is 13.2 Å². The molecule has 0 saturated heterocycles. The number of rotatable bonds is 6. The van der Waals surface area contributed by atoms with Crippen LogP contribution in [0.3, 0.4) is 0 Å². The highest BCUT2D eigenvalue weighted by Gasteiger charge is 2.17. The summed E-state index contributed by atoms with van der Waals surface area (Å²) in [5.74, 6) is -0.230. The number of carbonyl (C=O) groups excluding carboxylic acids is 1. The number of ether oxygens (including phenoxy) is 2. The molecule has 0 aromatic heterocycles. The van der Waals surface area contributed by atoms with Gasteiger partial charge in [-0.1, -0.05) is 0 Å². The average molecular weight is 189 g/mol. The van der Waals surface area contributed by atoms with Gasteiger partial charge >= 0.3 is 5.97 Å². The minimum Gasteiger partial charge on any atom is -0.465 e. The van der Waals surface area contributed by atoms with Gasteiger partial charge in [-0.05, 0) is 20.8 Å². The third-order valence-corrected chi connectivity index (χ3v) is 1.52. The van der Waals surface area contributed by atoms with E-state index in [9.17, 15) is 4.79 Å². The first kappa shape index (κ1) is 12.4. The zero-order chi connectivity index (χ0) is 10.3. The van der Waals surface area contributed by atoms with Crippen LogP contribution in [0.2, 0.25) is 0 Å². The van der Waals surface area contributed by atoms with Crippen LogP contribution in [0.1, 0.15) is 20.8 Å². The Morgan fingerprint density at radius 3 is 2.54 bits per heavy atom. The molecule has 0 saturated carbocycles. The summed E-state index contributed by atoms with van der Waals surface area (Å²) < 4.78 is 9.76. The van der Waals surface area contributed by atoms with Gasteiger partial charge in [-0.15, -0.1) is 0 Å². The number of methoxy groups -OCH3 is 1. The second-order valence-electron chi connectivity index (χ2n) is 3.48. The highest BCUT2D eigenvalue weighted by Crippen LogP contribution is 2.00. The maximum absolute atomic E-state index is 11.0. The van der Waals surface area contributed by atoms with E-state index in [4.69, 9.17) is 9.47 Å². The smallest absolute Gasteiger partial charge is 0.319 e. The van der Waals surface area contributed by atoms with Crippen molar-refractivity contribution in [3.63, 3.8) is 0 Å². The van der Waals surface area contributed by atoms with Crippen LogP contribution in [0.15, 0.2) is 0 Å². The van der Waals surface area contributed by atoms with E-state index in [1.165, 1.54) is 0 Å². The molecular weight excluding hydrogens is 170 g/mol. The topological polar surface area (TPSA) is 47.6 Å². The van der Waals surface area contributed by atoms with Crippen molar-refractivity contribution in [3.8, 4) is 0 Å². The van der Waals surface area contributed by atoms with Gasteiger partial charge in [-0.2, -0.15) is 0 Å². The molecule has 0 fully saturated rings. The van der Waals surface area contributed by atoms with Crippen molar-refractivity contribution in [2.75, 3.05) is 26.9 Å². The first-order valence-corrected chi connectivity index (χ1v) is 4.41. The third-order valence-electron chi connectivity index (χ3n) is 1.52. The first-order chi connectivity index (χ1) is 6.02. The second kappa shape index (κ2) is 5.94. The maximum Gasteiger partial charge on any atom is 0.319 e. The lowest BCUT2D eigenvalue weighted by atomic mass is 10.1. The Kier molecular flexibility index (Phi) is 5.66. The summed E-state index contributed by atoms with van der Waals surface area (Å²) >= 11 is 0. The lowest BCUT2D eigenvalue weighted by molar-refractivity contribution is -0.142. The Labute approximate surface area is 79.6 Å². The van der Waals surface area contributed by atoms with Gasteiger partial charge in [0.15, 0.2) is 0 Å². The molecule has 0 aliphatic rings. The summed E-state index contributed by atoms with van der Waals surface area (Å²) in [4.78, 5) is 11.0. The molecule has 0 bridgehead atoms. The van der Waals surface area contributed by atoms with Gasteiger partial charge in [0.2, 0.25) is 0 Å². The fourth-order valence-corrected chi connectivity index (χ4v) is 0.935. The van der Waals surface area contributed by atoms with Crippen LogP contribution in [0.25, 0.3) is 0 Å². The molecule has 0 atom stereocenters. The molecule has 0 aromatic carbocycles. The lowest BCUT2D eigenvalue weighted by Gasteiger charge is -2.24. The molecule has 1 N–H and O–H groups in total. The molecule has 13 heavy (non-hydrogen) atoms. The molecule has 78 valence electrons. The van der Waals surface area contributed by atoms with Crippen molar-refractivity contribution in [2.24, 2.45) is 0 Å². The molecule has 0 spiro atoms. The van der Waals surface area contributed by atoms with Gasteiger partial charge in [0.25, 0.3) is 0 Å². The average Bonchev–Trinajstić information content (AvgIpc) is 2.02. The Morgan fingerprint density at radius 2 is 2.08 bits per heavy atom. The molecule has 4 nitrogen and oxygen atoms in total. The minimum atomic E-state index is -0.230. The molecule has 4 heteroatoms. The van der Waals surface area contributed by atoms with Gasteiger partial charge in [-0.25, -0.2) is 0 Å². The molecule has 0 radical (unpaired) electrons. The molecule has 0 amide bonds. The fourth-order valence-electron chi connectivity index (χ4n) is 0.935. The van der Waals surface area contributed by atoms with Crippen molar-refractivity contribution in [1.29, 1.82) is 0 Å². The number of hydrogen-bond donors (Lipinski definition) is 1. The molecule has 0 aromatic rings. The normalized spacial score (nSPS) is 11.4. The molecular formula is C9H19NO3. The number of esters is 1. The fraction of sp³-hybridized carbons (Fsp3) is 0.889. The van der Waals surface area contributed by atoms with Gasteiger partial charge in [0, 0.05) is 12.6 Å². The Balaban J connectivity index is 3.67. The second-order valence-corrected chi connectivity index (χ2v) is 3.48. The van der Waals surface area contributed by atoms with E-state index in [2.05, 4.69) is 5.32 Å². The van der Waals surface area contributed by atoms with Crippen molar-refractivity contribution < 1.29 is 14.3 Å². The van der Waals surface area contributed by atoms with Crippen molar-refractivity contribution >= 4 is 5.97 Å². The first-order valence-electron chi connectivity index (χ1n) is 4.41. The summed E-state index contributed by atoms with van der Waals surface area (Å²) in [7, 11) is 1.63. The maximum atomic E-state index is 11.0. The Hall–Kier alpha value is -0.610. The summed E-state index contributed by atoms with van der Waals surface area (Å²) in [6.07, 6.45) is 0. The quantitative estimate of drug-likeness (QED) is 0.620. The van der Waals surface area contributed by atoms with Crippen molar-refractivity contribution in [3.05, 3.63) is 0 Å². The van der Waals surface area contributed by atoms with Crippen LogP contribution in [-0.4, -0.2) is 38.4 Å². The number of carbonyl (C=O) groups is 1. The van der Waals surface area contributed by atoms with E-state index in [1.54, 1.807) is 14.0 Å². The summed E-state index contributed by atoms with van der Waals surface area (Å²) in [6.45, 7) is 6.94. The SMILES string of the molecule is CCOC(=O)CNC(C)(C)COC. The molecule has 0 aliphatic carbocycles. The van der Waals surface area contributed by atoms with Crippen LogP contribution in [-0.2, 0) is 14.3 Å². The molecule has 0 heterocycles. The van der Waals surface area contributed by atoms with Gasteiger partial charge in [0.05, 0.1) is 19.8 Å². The van der Waals surface area contributed by atoms with Crippen LogP contribution < -0.4 is 5.32 Å². The van der Waals surface area contributed by atoms with E-state index < -0.39 is 0 Å². The highest BCUT2D eigenvalue weighted by molar-refractivity contribution is 5.71. The molecule has 0 aliphatic heterocycles. The van der Waals surface area contributed by atoms with Gasteiger partial charge < -0.3 is 9.47 Å². The van der Waals surface area contributed by atoms with E-state index in [0.717, 1.165) is 0 Å².